The van der Waals surface area contributed by atoms with Gasteiger partial charge in [0.2, 0.25) is 5.91 Å². The summed E-state index contributed by atoms with van der Waals surface area (Å²) in [5, 5.41) is 25.2. The first-order valence-corrected chi connectivity index (χ1v) is 10.3. The second kappa shape index (κ2) is 8.65. The summed E-state index contributed by atoms with van der Waals surface area (Å²) in [5.74, 6) is 1.33. The lowest BCUT2D eigenvalue weighted by atomic mass is 9.96. The van der Waals surface area contributed by atoms with Crippen LogP contribution < -0.4 is 15.5 Å². The zero-order chi connectivity index (χ0) is 20.2. The van der Waals surface area contributed by atoms with Crippen molar-refractivity contribution in [1.82, 2.24) is 20.4 Å². The van der Waals surface area contributed by atoms with E-state index in [0.717, 1.165) is 44.7 Å². The number of nitrogens with zero attached hydrogens (tertiary/aromatic N) is 4. The van der Waals surface area contributed by atoms with Crippen LogP contribution in [0.2, 0.25) is 0 Å². The number of aromatic nitrogens is 2. The van der Waals surface area contributed by atoms with E-state index in [2.05, 4.69) is 25.7 Å². The molecule has 3 heterocycles. The van der Waals surface area contributed by atoms with E-state index >= 15 is 0 Å². The second-order valence-electron chi connectivity index (χ2n) is 7.57. The Kier molecular flexibility index (Phi) is 5.80. The summed E-state index contributed by atoms with van der Waals surface area (Å²) in [5.41, 5.74) is 2.23. The van der Waals surface area contributed by atoms with Crippen molar-refractivity contribution in [3.8, 4) is 17.0 Å². The minimum atomic E-state index is 0.158. The zero-order valence-electron chi connectivity index (χ0n) is 16.8. The summed E-state index contributed by atoms with van der Waals surface area (Å²) < 4.78 is 0. The number of phenolic OH excluding ortho intramolecular Hbond substituents is 1. The molecule has 2 aliphatic heterocycles. The molecule has 1 aromatic carbocycles. The van der Waals surface area contributed by atoms with Crippen molar-refractivity contribution in [3.05, 3.63) is 30.3 Å². The topological polar surface area (TPSA) is 93.6 Å². The molecule has 0 aliphatic carbocycles. The number of phenols is 1. The highest BCUT2D eigenvalue weighted by molar-refractivity contribution is 5.80. The number of benzene rings is 1. The van der Waals surface area contributed by atoms with Gasteiger partial charge in [-0.3, -0.25) is 4.79 Å². The van der Waals surface area contributed by atoms with Crippen LogP contribution in [0.15, 0.2) is 30.3 Å². The molecule has 2 saturated heterocycles. The van der Waals surface area contributed by atoms with Gasteiger partial charge >= 0.3 is 0 Å². The Labute approximate surface area is 170 Å². The van der Waals surface area contributed by atoms with Crippen LogP contribution in [-0.4, -0.2) is 72.4 Å². The smallest absolute Gasteiger partial charge is 0.225 e. The molecule has 0 saturated carbocycles. The van der Waals surface area contributed by atoms with E-state index in [-0.39, 0.29) is 11.7 Å². The molecule has 0 atom stereocenters. The lowest BCUT2D eigenvalue weighted by Crippen LogP contribution is -2.51. The predicted molar refractivity (Wildman–Crippen MR) is 113 cm³/mol. The van der Waals surface area contributed by atoms with E-state index in [0.29, 0.717) is 36.1 Å². The molecular weight excluding hydrogens is 368 g/mol. The monoisotopic (exact) mass is 396 g/mol. The van der Waals surface area contributed by atoms with Crippen molar-refractivity contribution in [2.45, 2.75) is 12.8 Å². The molecule has 8 heteroatoms. The molecule has 0 bridgehead atoms. The lowest BCUT2D eigenvalue weighted by molar-refractivity contribution is -0.136. The molecule has 0 radical (unpaired) electrons. The lowest BCUT2D eigenvalue weighted by Gasteiger charge is -2.38. The molecule has 2 aromatic rings. The summed E-state index contributed by atoms with van der Waals surface area (Å²) in [6.45, 7) is 4.77. The van der Waals surface area contributed by atoms with Gasteiger partial charge in [0.05, 0.1) is 11.4 Å². The SMILES string of the molecule is CNc1nnc(-c2ccccc2O)cc1N1CCN(C(=O)C2CCNCC2)CC1. The Hall–Kier alpha value is -2.87. The highest BCUT2D eigenvalue weighted by Gasteiger charge is 2.29. The van der Waals surface area contributed by atoms with E-state index in [1.807, 2.05) is 30.1 Å². The number of hydrogen-bond donors (Lipinski definition) is 3. The van der Waals surface area contributed by atoms with Crippen LogP contribution in [0.4, 0.5) is 11.5 Å². The minimum absolute atomic E-state index is 0.158. The minimum Gasteiger partial charge on any atom is -0.507 e. The summed E-state index contributed by atoms with van der Waals surface area (Å²) in [6.07, 6.45) is 1.86. The first kappa shape index (κ1) is 19.4. The van der Waals surface area contributed by atoms with Gasteiger partial charge in [0.25, 0.3) is 0 Å². The number of nitrogens with one attached hydrogen (secondary N) is 2. The number of carbonyl (C=O) groups excluding carboxylic acids is 1. The van der Waals surface area contributed by atoms with Crippen molar-refractivity contribution < 1.29 is 9.90 Å². The Morgan fingerprint density at radius 2 is 1.86 bits per heavy atom. The number of rotatable bonds is 4. The molecule has 4 rings (SSSR count). The van der Waals surface area contributed by atoms with Gasteiger partial charge in [0.15, 0.2) is 5.82 Å². The molecule has 1 aromatic heterocycles. The van der Waals surface area contributed by atoms with Crippen LogP contribution in [0.3, 0.4) is 0 Å². The predicted octanol–water partition coefficient (Wildman–Crippen LogP) is 1.54. The van der Waals surface area contributed by atoms with Crippen molar-refractivity contribution in [2.75, 3.05) is 56.5 Å². The van der Waals surface area contributed by atoms with Crippen LogP contribution in [0, 0.1) is 5.92 Å². The van der Waals surface area contributed by atoms with Crippen molar-refractivity contribution in [2.24, 2.45) is 5.92 Å². The molecule has 0 unspecified atom stereocenters. The number of carbonyl (C=O) groups is 1. The van der Waals surface area contributed by atoms with Gasteiger partial charge in [0, 0.05) is 44.7 Å². The normalized spacial score (nSPS) is 18.0. The highest BCUT2D eigenvalue weighted by atomic mass is 16.3. The summed E-state index contributed by atoms with van der Waals surface area (Å²) >= 11 is 0. The van der Waals surface area contributed by atoms with E-state index < -0.39 is 0 Å². The summed E-state index contributed by atoms with van der Waals surface area (Å²) in [4.78, 5) is 17.0. The maximum atomic E-state index is 12.8. The van der Waals surface area contributed by atoms with E-state index in [1.165, 1.54) is 0 Å². The number of amides is 1. The Bertz CT molecular complexity index is 860. The van der Waals surface area contributed by atoms with Gasteiger partial charge in [-0.05, 0) is 44.1 Å². The van der Waals surface area contributed by atoms with Crippen LogP contribution in [-0.2, 0) is 4.79 Å². The van der Waals surface area contributed by atoms with Gasteiger partial charge in [-0.2, -0.15) is 0 Å². The van der Waals surface area contributed by atoms with Gasteiger partial charge in [0.1, 0.15) is 5.75 Å². The third-order valence-corrected chi connectivity index (χ3v) is 5.81. The third kappa shape index (κ3) is 4.12. The van der Waals surface area contributed by atoms with Crippen molar-refractivity contribution in [3.63, 3.8) is 0 Å². The quantitative estimate of drug-likeness (QED) is 0.722. The van der Waals surface area contributed by atoms with Gasteiger partial charge in [-0.15, -0.1) is 10.2 Å². The molecule has 0 spiro atoms. The highest BCUT2D eigenvalue weighted by Crippen LogP contribution is 2.32. The Balaban J connectivity index is 1.49. The summed E-state index contributed by atoms with van der Waals surface area (Å²) in [6, 6.07) is 9.09. The number of piperidine rings is 1. The number of hydrogen-bond acceptors (Lipinski definition) is 7. The van der Waals surface area contributed by atoms with Crippen LogP contribution in [0.5, 0.6) is 5.75 Å². The van der Waals surface area contributed by atoms with Crippen molar-refractivity contribution in [1.29, 1.82) is 0 Å². The van der Waals surface area contributed by atoms with Crippen LogP contribution in [0.25, 0.3) is 11.3 Å². The first-order valence-electron chi connectivity index (χ1n) is 10.3. The largest absolute Gasteiger partial charge is 0.507 e. The maximum absolute atomic E-state index is 12.8. The van der Waals surface area contributed by atoms with E-state index in [4.69, 9.17) is 0 Å². The second-order valence-corrected chi connectivity index (χ2v) is 7.57. The average Bonchev–Trinajstić information content (AvgIpc) is 2.79. The zero-order valence-corrected chi connectivity index (χ0v) is 16.8. The Morgan fingerprint density at radius 1 is 1.14 bits per heavy atom. The van der Waals surface area contributed by atoms with Crippen LogP contribution >= 0.6 is 0 Å². The van der Waals surface area contributed by atoms with Crippen LogP contribution in [0.1, 0.15) is 12.8 Å². The maximum Gasteiger partial charge on any atom is 0.225 e. The third-order valence-electron chi connectivity index (χ3n) is 5.81. The average molecular weight is 396 g/mol. The van der Waals surface area contributed by atoms with Crippen molar-refractivity contribution >= 4 is 17.4 Å². The molecular formula is C21H28N6O2. The fourth-order valence-electron chi connectivity index (χ4n) is 4.12. The summed E-state index contributed by atoms with van der Waals surface area (Å²) in [7, 11) is 1.82. The number of anilines is 2. The van der Waals surface area contributed by atoms with E-state index in [1.54, 1.807) is 12.1 Å². The molecule has 154 valence electrons. The van der Waals surface area contributed by atoms with Gasteiger partial charge in [-0.1, -0.05) is 12.1 Å². The number of para-hydroxylation sites is 1. The van der Waals surface area contributed by atoms with E-state index in [9.17, 15) is 9.90 Å². The number of aromatic hydroxyl groups is 1. The number of piperazine rings is 1. The first-order chi connectivity index (χ1) is 14.2. The standard InChI is InChI=1S/C21H28N6O2/c1-22-20-18(14-17(24-25-20)16-4-2-3-5-19(16)28)26-10-12-27(13-11-26)21(29)15-6-8-23-9-7-15/h2-5,14-15,23,28H,6-13H2,1H3,(H,22,25). The fourth-order valence-corrected chi connectivity index (χ4v) is 4.12. The Morgan fingerprint density at radius 3 is 2.55 bits per heavy atom. The molecule has 2 fully saturated rings. The molecule has 3 N–H and O–H groups in total. The van der Waals surface area contributed by atoms with Gasteiger partial charge in [-0.25, -0.2) is 0 Å². The fraction of sp³-hybridized carbons (Fsp3) is 0.476. The molecule has 1 amide bonds. The molecule has 8 nitrogen and oxygen atoms in total. The molecule has 29 heavy (non-hydrogen) atoms. The molecule has 2 aliphatic rings. The van der Waals surface area contributed by atoms with Gasteiger partial charge < -0.3 is 25.5 Å².